The van der Waals surface area contributed by atoms with Crippen LogP contribution in [0.25, 0.3) is 10.9 Å². The number of ether oxygens (including phenoxy) is 1. The van der Waals surface area contributed by atoms with Crippen molar-refractivity contribution in [3.8, 4) is 0 Å². The first kappa shape index (κ1) is 21.7. The number of nitrogens with zero attached hydrogens (tertiary/aromatic N) is 5. The van der Waals surface area contributed by atoms with Crippen molar-refractivity contribution in [1.29, 1.82) is 0 Å². The van der Waals surface area contributed by atoms with Crippen LogP contribution < -0.4 is 15.1 Å². The van der Waals surface area contributed by atoms with Crippen LogP contribution in [0.15, 0.2) is 24.3 Å². The number of carbonyl (C=O) groups excluding carboxylic acids is 1. The summed E-state index contributed by atoms with van der Waals surface area (Å²) in [6, 6.07) is 7.74. The number of aryl methyl sites for hydroxylation is 2. The van der Waals surface area contributed by atoms with Gasteiger partial charge in [0.05, 0.1) is 13.2 Å². The monoisotopic (exact) mass is 449 g/mol. The third-order valence-corrected chi connectivity index (χ3v) is 6.62. The Morgan fingerprint density at radius 3 is 2.52 bits per heavy atom. The normalized spacial score (nSPS) is 17.5. The molecule has 3 aromatic rings. The van der Waals surface area contributed by atoms with Crippen molar-refractivity contribution >= 4 is 34.3 Å². The van der Waals surface area contributed by atoms with Gasteiger partial charge < -0.3 is 29.7 Å². The summed E-state index contributed by atoms with van der Waals surface area (Å²) in [6.07, 6.45) is 0. The number of benzene rings is 1. The molecule has 0 spiro atoms. The van der Waals surface area contributed by atoms with Gasteiger partial charge in [0.15, 0.2) is 0 Å². The van der Waals surface area contributed by atoms with E-state index in [0.717, 1.165) is 67.4 Å². The number of nitrogens with one attached hydrogen (secondary N) is 2. The second-order valence-corrected chi connectivity index (χ2v) is 8.89. The minimum absolute atomic E-state index is 0.230. The maximum atomic E-state index is 13.3. The first-order chi connectivity index (χ1) is 16.0. The Hall–Kier alpha value is -3.17. The summed E-state index contributed by atoms with van der Waals surface area (Å²) in [5.74, 6) is 1.16. The number of aromatic amines is 1. The van der Waals surface area contributed by atoms with E-state index in [4.69, 9.17) is 9.72 Å². The molecule has 0 unspecified atom stereocenters. The zero-order chi connectivity index (χ0) is 22.9. The van der Waals surface area contributed by atoms with Crippen LogP contribution in [0.4, 0.5) is 17.5 Å². The smallest absolute Gasteiger partial charge is 0.274 e. The molecule has 2 N–H and O–H groups in total. The van der Waals surface area contributed by atoms with Crippen LogP contribution in [0.1, 0.15) is 21.7 Å². The molecule has 1 amide bonds. The lowest BCUT2D eigenvalue weighted by Crippen LogP contribution is -2.45. The lowest BCUT2D eigenvalue weighted by Gasteiger charge is -2.34. The van der Waals surface area contributed by atoms with Crippen molar-refractivity contribution in [1.82, 2.24) is 19.9 Å². The van der Waals surface area contributed by atoms with Gasteiger partial charge in [0.1, 0.15) is 11.5 Å². The average Bonchev–Trinajstić information content (AvgIpc) is 3.13. The molecule has 9 nitrogen and oxygen atoms in total. The average molecular weight is 450 g/mol. The van der Waals surface area contributed by atoms with Gasteiger partial charge in [0, 0.05) is 67.6 Å². The number of fused-ring (bicyclic) bond motifs is 1. The minimum atomic E-state index is -0.230. The SMILES string of the molecule is Cc1[nH]c2ccc(NC(=O)c3cc(N4CCN(C)CC4)nc(N4CCOCC4)n3)cc2c1C. The summed E-state index contributed by atoms with van der Waals surface area (Å²) in [4.78, 5) is 32.8. The molecule has 0 radical (unpaired) electrons. The lowest BCUT2D eigenvalue weighted by atomic mass is 10.1. The van der Waals surface area contributed by atoms with E-state index >= 15 is 0 Å². The molecule has 2 saturated heterocycles. The number of aromatic nitrogens is 3. The quantitative estimate of drug-likeness (QED) is 0.632. The van der Waals surface area contributed by atoms with E-state index in [0.29, 0.717) is 24.9 Å². The van der Waals surface area contributed by atoms with Crippen LogP contribution >= 0.6 is 0 Å². The molecule has 0 atom stereocenters. The lowest BCUT2D eigenvalue weighted by molar-refractivity contribution is 0.102. The molecule has 2 aromatic heterocycles. The second-order valence-electron chi connectivity index (χ2n) is 8.89. The Balaban J connectivity index is 1.44. The summed E-state index contributed by atoms with van der Waals surface area (Å²) in [5, 5.41) is 4.15. The summed E-state index contributed by atoms with van der Waals surface area (Å²) in [7, 11) is 2.12. The molecule has 9 heteroatoms. The minimum Gasteiger partial charge on any atom is -0.378 e. The predicted octanol–water partition coefficient (Wildman–Crippen LogP) is 2.42. The Morgan fingerprint density at radius 2 is 1.76 bits per heavy atom. The zero-order valence-corrected chi connectivity index (χ0v) is 19.5. The number of rotatable bonds is 4. The van der Waals surface area contributed by atoms with Gasteiger partial charge in [-0.1, -0.05) is 0 Å². The molecule has 2 aliphatic rings. The highest BCUT2D eigenvalue weighted by Crippen LogP contribution is 2.25. The molecule has 1 aromatic carbocycles. The van der Waals surface area contributed by atoms with Crippen LogP contribution in [-0.2, 0) is 4.74 Å². The fraction of sp³-hybridized carbons (Fsp3) is 0.458. The van der Waals surface area contributed by atoms with Crippen molar-refractivity contribution in [2.24, 2.45) is 0 Å². The van der Waals surface area contributed by atoms with Crippen molar-refractivity contribution < 1.29 is 9.53 Å². The van der Waals surface area contributed by atoms with Crippen LogP contribution in [0.2, 0.25) is 0 Å². The molecule has 174 valence electrons. The highest BCUT2D eigenvalue weighted by Gasteiger charge is 2.22. The fourth-order valence-electron chi connectivity index (χ4n) is 4.37. The topological polar surface area (TPSA) is 89.6 Å². The molecule has 33 heavy (non-hydrogen) atoms. The van der Waals surface area contributed by atoms with Gasteiger partial charge in [-0.2, -0.15) is 4.98 Å². The number of piperazine rings is 1. The van der Waals surface area contributed by atoms with Crippen molar-refractivity contribution in [2.45, 2.75) is 13.8 Å². The number of likely N-dealkylation sites (N-methyl/N-ethyl adjacent to an activating group) is 1. The molecule has 4 heterocycles. The van der Waals surface area contributed by atoms with E-state index in [2.05, 4.69) is 50.9 Å². The van der Waals surface area contributed by atoms with Crippen LogP contribution in [-0.4, -0.2) is 85.3 Å². The Bertz CT molecular complexity index is 1160. The number of anilines is 3. The van der Waals surface area contributed by atoms with Gasteiger partial charge >= 0.3 is 0 Å². The molecular formula is C24H31N7O2. The van der Waals surface area contributed by atoms with Gasteiger partial charge in [0.25, 0.3) is 5.91 Å². The van der Waals surface area contributed by atoms with E-state index in [1.165, 1.54) is 5.56 Å². The van der Waals surface area contributed by atoms with Gasteiger partial charge in [-0.15, -0.1) is 0 Å². The van der Waals surface area contributed by atoms with Gasteiger partial charge in [-0.25, -0.2) is 4.98 Å². The van der Waals surface area contributed by atoms with Crippen molar-refractivity contribution in [2.75, 3.05) is 74.6 Å². The third kappa shape index (κ3) is 4.51. The van der Waals surface area contributed by atoms with Crippen LogP contribution in [0.5, 0.6) is 0 Å². The highest BCUT2D eigenvalue weighted by atomic mass is 16.5. The molecule has 0 saturated carbocycles. The number of hydrogen-bond donors (Lipinski definition) is 2. The van der Waals surface area contributed by atoms with Crippen molar-refractivity contribution in [3.63, 3.8) is 0 Å². The maximum Gasteiger partial charge on any atom is 0.274 e. The van der Waals surface area contributed by atoms with E-state index in [1.54, 1.807) is 0 Å². The molecule has 2 aliphatic heterocycles. The Kier molecular flexibility index (Phi) is 5.90. The number of hydrogen-bond acceptors (Lipinski definition) is 7. The molecule has 0 bridgehead atoms. The first-order valence-corrected chi connectivity index (χ1v) is 11.5. The van der Waals surface area contributed by atoms with E-state index in [-0.39, 0.29) is 5.91 Å². The summed E-state index contributed by atoms with van der Waals surface area (Å²) < 4.78 is 5.49. The van der Waals surface area contributed by atoms with Gasteiger partial charge in [0.2, 0.25) is 5.95 Å². The fourth-order valence-corrected chi connectivity index (χ4v) is 4.37. The van der Waals surface area contributed by atoms with E-state index < -0.39 is 0 Å². The Labute approximate surface area is 193 Å². The predicted molar refractivity (Wildman–Crippen MR) is 130 cm³/mol. The molecule has 5 rings (SSSR count). The zero-order valence-electron chi connectivity index (χ0n) is 19.5. The highest BCUT2D eigenvalue weighted by molar-refractivity contribution is 6.04. The number of carbonyl (C=O) groups is 1. The van der Waals surface area contributed by atoms with Gasteiger partial charge in [-0.05, 0) is 44.7 Å². The van der Waals surface area contributed by atoms with Gasteiger partial charge in [-0.3, -0.25) is 4.79 Å². The molecule has 0 aliphatic carbocycles. The standard InChI is InChI=1S/C24H31N7O2/c1-16-17(2)25-20-5-4-18(14-19(16)20)26-23(32)21-15-22(30-8-6-29(3)7-9-30)28-24(27-21)31-10-12-33-13-11-31/h4-5,14-15,25H,6-13H2,1-3H3,(H,26,32). The maximum absolute atomic E-state index is 13.3. The largest absolute Gasteiger partial charge is 0.378 e. The van der Waals surface area contributed by atoms with Crippen molar-refractivity contribution in [3.05, 3.63) is 41.2 Å². The second kappa shape index (κ2) is 8.99. The van der Waals surface area contributed by atoms with E-state index in [1.807, 2.05) is 24.3 Å². The Morgan fingerprint density at radius 1 is 1.00 bits per heavy atom. The first-order valence-electron chi connectivity index (χ1n) is 11.5. The summed E-state index contributed by atoms with van der Waals surface area (Å²) in [5.41, 5.74) is 4.52. The molecule has 2 fully saturated rings. The third-order valence-electron chi connectivity index (χ3n) is 6.62. The van der Waals surface area contributed by atoms with Crippen LogP contribution in [0, 0.1) is 13.8 Å². The van der Waals surface area contributed by atoms with E-state index in [9.17, 15) is 4.79 Å². The number of amides is 1. The van der Waals surface area contributed by atoms with Crippen LogP contribution in [0.3, 0.4) is 0 Å². The summed E-state index contributed by atoms with van der Waals surface area (Å²) >= 11 is 0. The number of morpholine rings is 1. The number of H-pyrrole nitrogens is 1. The molecular weight excluding hydrogens is 418 g/mol. The summed E-state index contributed by atoms with van der Waals surface area (Å²) in [6.45, 7) is 10.5.